The van der Waals surface area contributed by atoms with E-state index in [1.54, 1.807) is 17.0 Å². The number of benzene rings is 4. The van der Waals surface area contributed by atoms with Crippen LogP contribution in [0.5, 0.6) is 0 Å². The molecule has 0 fully saturated rings. The van der Waals surface area contributed by atoms with Gasteiger partial charge in [-0.25, -0.2) is 0 Å². The zero-order chi connectivity index (χ0) is 29.7. The van der Waals surface area contributed by atoms with Gasteiger partial charge in [-0.05, 0) is 47.2 Å². The Bertz CT molecular complexity index is 1470. The molecule has 0 aliphatic rings. The summed E-state index contributed by atoms with van der Waals surface area (Å²) in [6, 6.07) is 34.5. The van der Waals surface area contributed by atoms with Gasteiger partial charge in [0, 0.05) is 37.3 Å². The number of nitrogens with zero attached hydrogens (tertiary/aromatic N) is 2. The molecule has 0 aliphatic carbocycles. The van der Waals surface area contributed by atoms with Crippen molar-refractivity contribution in [1.29, 1.82) is 0 Å². The number of hydrogen-bond donors (Lipinski definition) is 1. The molecule has 2 amide bonds. The monoisotopic (exact) mass is 562 g/mol. The van der Waals surface area contributed by atoms with Crippen LogP contribution in [0.3, 0.4) is 0 Å². The maximum atomic E-state index is 14.1. The van der Waals surface area contributed by atoms with E-state index in [0.717, 1.165) is 24.0 Å². The van der Waals surface area contributed by atoms with E-state index < -0.39 is 5.97 Å². The van der Waals surface area contributed by atoms with Crippen LogP contribution in [-0.2, 0) is 17.8 Å². The van der Waals surface area contributed by atoms with E-state index in [1.165, 1.54) is 0 Å². The van der Waals surface area contributed by atoms with Crippen LogP contribution in [-0.4, -0.2) is 52.3 Å². The topological polar surface area (TPSA) is 77.9 Å². The smallest absolute Gasteiger partial charge is 0.305 e. The van der Waals surface area contributed by atoms with Crippen LogP contribution in [0.25, 0.3) is 11.1 Å². The summed E-state index contributed by atoms with van der Waals surface area (Å²) in [7, 11) is 0. The first-order valence-corrected chi connectivity index (χ1v) is 14.5. The SMILES string of the molecule is CCCCN(Cc1ccccc1)C(=O)c1ccccc1-c1ccccc1C(=O)N(CCC(=O)O)CCc1ccccc1. The molecule has 6 nitrogen and oxygen atoms in total. The molecule has 0 saturated heterocycles. The van der Waals surface area contributed by atoms with Crippen LogP contribution in [0.15, 0.2) is 109 Å². The summed E-state index contributed by atoms with van der Waals surface area (Å²) < 4.78 is 0. The quantitative estimate of drug-likeness (QED) is 0.180. The van der Waals surface area contributed by atoms with Crippen LogP contribution >= 0.6 is 0 Å². The highest BCUT2D eigenvalue weighted by molar-refractivity contribution is 6.06. The molecule has 0 aromatic heterocycles. The first kappa shape index (κ1) is 30.3. The summed E-state index contributed by atoms with van der Waals surface area (Å²) >= 11 is 0. The minimum absolute atomic E-state index is 0.0861. The molecule has 0 unspecified atom stereocenters. The van der Waals surface area contributed by atoms with Crippen molar-refractivity contribution in [2.45, 2.75) is 39.2 Å². The Balaban J connectivity index is 1.67. The normalized spacial score (nSPS) is 10.7. The standard InChI is InChI=1S/C36H38N2O4/c1-2-3-24-38(27-29-16-8-5-9-17-29)36(42)33-21-13-11-19-31(33)30-18-10-12-20-32(30)35(41)37(26-23-34(39)40)25-22-28-14-6-4-7-15-28/h4-21H,2-3,22-27H2,1H3,(H,39,40). The van der Waals surface area contributed by atoms with Gasteiger partial charge in [-0.2, -0.15) is 0 Å². The minimum atomic E-state index is -0.956. The van der Waals surface area contributed by atoms with Crippen molar-refractivity contribution in [2.75, 3.05) is 19.6 Å². The van der Waals surface area contributed by atoms with E-state index in [0.29, 0.717) is 48.3 Å². The average molecular weight is 563 g/mol. The van der Waals surface area contributed by atoms with Crippen LogP contribution in [0.4, 0.5) is 0 Å². The summed E-state index contributed by atoms with van der Waals surface area (Å²) in [5.74, 6) is -1.29. The number of hydrogen-bond acceptors (Lipinski definition) is 3. The van der Waals surface area contributed by atoms with Gasteiger partial charge in [-0.1, -0.05) is 110 Å². The Morgan fingerprint density at radius 1 is 0.595 bits per heavy atom. The largest absolute Gasteiger partial charge is 0.481 e. The summed E-state index contributed by atoms with van der Waals surface area (Å²) in [6.07, 6.45) is 2.31. The first-order chi connectivity index (χ1) is 20.5. The molecule has 4 rings (SSSR count). The van der Waals surface area contributed by atoms with E-state index in [9.17, 15) is 19.5 Å². The number of carbonyl (C=O) groups is 3. The van der Waals surface area contributed by atoms with Crippen LogP contribution in [0, 0.1) is 0 Å². The maximum absolute atomic E-state index is 14.1. The number of rotatable bonds is 14. The molecule has 0 bridgehead atoms. The molecule has 42 heavy (non-hydrogen) atoms. The van der Waals surface area contributed by atoms with Gasteiger partial charge < -0.3 is 14.9 Å². The molecule has 1 N–H and O–H groups in total. The number of carboxylic acid groups (broad SMARTS) is 1. The molecule has 0 saturated carbocycles. The molecule has 0 aliphatic heterocycles. The first-order valence-electron chi connectivity index (χ1n) is 14.5. The Labute approximate surface area is 248 Å². The molecule has 0 heterocycles. The molecule has 0 atom stereocenters. The zero-order valence-corrected chi connectivity index (χ0v) is 24.1. The van der Waals surface area contributed by atoms with E-state index in [-0.39, 0.29) is 24.8 Å². The molecular formula is C36H38N2O4. The minimum Gasteiger partial charge on any atom is -0.481 e. The lowest BCUT2D eigenvalue weighted by Gasteiger charge is -2.26. The van der Waals surface area contributed by atoms with Gasteiger partial charge in [0.1, 0.15) is 0 Å². The Kier molecular flexibility index (Phi) is 11.0. The van der Waals surface area contributed by atoms with Gasteiger partial charge >= 0.3 is 5.97 Å². The summed E-state index contributed by atoms with van der Waals surface area (Å²) in [5, 5.41) is 9.37. The van der Waals surface area contributed by atoms with Crippen molar-refractivity contribution >= 4 is 17.8 Å². The molecule has 4 aromatic rings. The van der Waals surface area contributed by atoms with Gasteiger partial charge in [0.05, 0.1) is 6.42 Å². The van der Waals surface area contributed by atoms with Crippen LogP contribution < -0.4 is 0 Å². The fraction of sp³-hybridized carbons (Fsp3) is 0.250. The Hall–Kier alpha value is -4.71. The third kappa shape index (κ3) is 8.16. The fourth-order valence-electron chi connectivity index (χ4n) is 5.01. The molecule has 6 heteroatoms. The predicted molar refractivity (Wildman–Crippen MR) is 166 cm³/mol. The van der Waals surface area contributed by atoms with Gasteiger partial charge in [0.2, 0.25) is 0 Å². The number of carboxylic acids is 1. The third-order valence-corrected chi connectivity index (χ3v) is 7.29. The average Bonchev–Trinajstić information content (AvgIpc) is 3.03. The highest BCUT2D eigenvalue weighted by Crippen LogP contribution is 2.30. The highest BCUT2D eigenvalue weighted by Gasteiger charge is 2.24. The van der Waals surface area contributed by atoms with E-state index in [1.807, 2.05) is 102 Å². The van der Waals surface area contributed by atoms with E-state index >= 15 is 0 Å². The van der Waals surface area contributed by atoms with Gasteiger partial charge in [0.15, 0.2) is 0 Å². The van der Waals surface area contributed by atoms with Crippen LogP contribution in [0.1, 0.15) is 58.0 Å². The van der Waals surface area contributed by atoms with Gasteiger partial charge in [-0.15, -0.1) is 0 Å². The van der Waals surface area contributed by atoms with Gasteiger partial charge in [-0.3, -0.25) is 14.4 Å². The Morgan fingerprint density at radius 3 is 1.64 bits per heavy atom. The van der Waals surface area contributed by atoms with E-state index in [2.05, 4.69) is 6.92 Å². The lowest BCUT2D eigenvalue weighted by Crippen LogP contribution is -2.35. The van der Waals surface area contributed by atoms with Crippen molar-refractivity contribution in [3.63, 3.8) is 0 Å². The molecule has 4 aromatic carbocycles. The van der Waals surface area contributed by atoms with Crippen molar-refractivity contribution in [3.8, 4) is 11.1 Å². The summed E-state index contributed by atoms with van der Waals surface area (Å²) in [4.78, 5) is 43.0. The molecule has 0 radical (unpaired) electrons. The number of aliphatic carboxylic acids is 1. The lowest BCUT2D eigenvalue weighted by molar-refractivity contribution is -0.137. The molecule has 0 spiro atoms. The van der Waals surface area contributed by atoms with Crippen molar-refractivity contribution in [1.82, 2.24) is 9.80 Å². The molecule has 216 valence electrons. The second-order valence-electron chi connectivity index (χ2n) is 10.3. The lowest BCUT2D eigenvalue weighted by atomic mass is 9.93. The third-order valence-electron chi connectivity index (χ3n) is 7.29. The van der Waals surface area contributed by atoms with Crippen molar-refractivity contribution < 1.29 is 19.5 Å². The fourth-order valence-corrected chi connectivity index (χ4v) is 5.01. The molecular weight excluding hydrogens is 524 g/mol. The predicted octanol–water partition coefficient (Wildman–Crippen LogP) is 6.96. The number of unbranched alkanes of at least 4 members (excludes halogenated alkanes) is 1. The zero-order valence-electron chi connectivity index (χ0n) is 24.1. The maximum Gasteiger partial charge on any atom is 0.305 e. The second kappa shape index (κ2) is 15.3. The number of carbonyl (C=O) groups excluding carboxylic acids is 2. The number of amides is 2. The second-order valence-corrected chi connectivity index (χ2v) is 10.3. The van der Waals surface area contributed by atoms with Crippen molar-refractivity contribution in [3.05, 3.63) is 131 Å². The van der Waals surface area contributed by atoms with Gasteiger partial charge in [0.25, 0.3) is 11.8 Å². The Morgan fingerprint density at radius 2 is 1.10 bits per heavy atom. The van der Waals surface area contributed by atoms with Crippen molar-refractivity contribution in [2.24, 2.45) is 0 Å². The van der Waals surface area contributed by atoms with Crippen LogP contribution in [0.2, 0.25) is 0 Å². The van der Waals surface area contributed by atoms with E-state index in [4.69, 9.17) is 0 Å². The highest BCUT2D eigenvalue weighted by atomic mass is 16.4. The summed E-state index contributed by atoms with van der Waals surface area (Å²) in [6.45, 7) is 3.71. The summed E-state index contributed by atoms with van der Waals surface area (Å²) in [5.41, 5.74) is 4.44.